The Kier molecular flexibility index (Phi) is 4.68. The highest BCUT2D eigenvalue weighted by molar-refractivity contribution is 9.10. The van der Waals surface area contributed by atoms with Gasteiger partial charge in [-0.2, -0.15) is 0 Å². The van der Waals surface area contributed by atoms with Gasteiger partial charge in [0.1, 0.15) is 0 Å². The van der Waals surface area contributed by atoms with Crippen molar-refractivity contribution < 1.29 is 9.59 Å². The monoisotopic (exact) mass is 387 g/mol. The van der Waals surface area contributed by atoms with Gasteiger partial charge in [-0.05, 0) is 48.0 Å². The van der Waals surface area contributed by atoms with E-state index in [0.29, 0.717) is 11.4 Å². The van der Waals surface area contributed by atoms with Crippen molar-refractivity contribution >= 4 is 44.9 Å². The van der Waals surface area contributed by atoms with Crippen molar-refractivity contribution in [1.82, 2.24) is 4.90 Å². The Balaban J connectivity index is 1.79. The number of imide groups is 1. The highest BCUT2D eigenvalue weighted by Gasteiger charge is 2.34. The van der Waals surface area contributed by atoms with Crippen LogP contribution in [0.3, 0.4) is 0 Å². The van der Waals surface area contributed by atoms with Crippen molar-refractivity contribution in [2.75, 3.05) is 0 Å². The van der Waals surface area contributed by atoms with Gasteiger partial charge in [0.25, 0.3) is 11.1 Å². The van der Waals surface area contributed by atoms with Crippen LogP contribution in [0.25, 0.3) is 6.08 Å². The molecule has 2 aromatic carbocycles. The van der Waals surface area contributed by atoms with Gasteiger partial charge < -0.3 is 0 Å². The van der Waals surface area contributed by atoms with E-state index in [1.54, 1.807) is 6.08 Å². The lowest BCUT2D eigenvalue weighted by atomic mass is 10.1. The molecule has 1 aliphatic heterocycles. The molecule has 0 aliphatic carbocycles. The van der Waals surface area contributed by atoms with Gasteiger partial charge in [-0.3, -0.25) is 14.5 Å². The number of carbonyl (C=O) groups is 2. The number of aryl methyl sites for hydroxylation is 1. The van der Waals surface area contributed by atoms with Gasteiger partial charge in [0.05, 0.1) is 11.4 Å². The highest BCUT2D eigenvalue weighted by atomic mass is 79.9. The average Bonchev–Trinajstić information content (AvgIpc) is 2.79. The van der Waals surface area contributed by atoms with E-state index in [9.17, 15) is 9.59 Å². The summed E-state index contributed by atoms with van der Waals surface area (Å²) in [6, 6.07) is 15.5. The maximum atomic E-state index is 12.5. The number of hydrogen-bond acceptors (Lipinski definition) is 3. The molecule has 1 fully saturated rings. The smallest absolute Gasteiger partial charge is 0.268 e. The quantitative estimate of drug-likeness (QED) is 0.695. The average molecular weight is 388 g/mol. The zero-order valence-corrected chi connectivity index (χ0v) is 14.9. The Hall–Kier alpha value is -1.85. The molecule has 1 saturated heterocycles. The molecule has 0 radical (unpaired) electrons. The van der Waals surface area contributed by atoms with E-state index in [2.05, 4.69) is 15.9 Å². The lowest BCUT2D eigenvalue weighted by molar-refractivity contribution is -0.123. The summed E-state index contributed by atoms with van der Waals surface area (Å²) in [4.78, 5) is 26.3. The van der Waals surface area contributed by atoms with Crippen LogP contribution in [-0.4, -0.2) is 16.0 Å². The second kappa shape index (κ2) is 6.72. The largest absolute Gasteiger partial charge is 0.293 e. The van der Waals surface area contributed by atoms with Crippen LogP contribution in [-0.2, 0) is 11.3 Å². The molecular weight excluding hydrogens is 374 g/mol. The minimum atomic E-state index is -0.233. The predicted molar refractivity (Wildman–Crippen MR) is 96.8 cm³/mol. The Morgan fingerprint density at radius 2 is 1.70 bits per heavy atom. The number of amides is 2. The summed E-state index contributed by atoms with van der Waals surface area (Å²) in [6.07, 6.45) is 1.77. The normalized spacial score (nSPS) is 16.4. The number of nitrogens with zero attached hydrogens (tertiary/aromatic N) is 1. The van der Waals surface area contributed by atoms with Gasteiger partial charge in [0.15, 0.2) is 0 Å². The standard InChI is InChI=1S/C18H14BrNO2S/c1-12-2-4-13(5-3-12)10-16-17(21)20(18(22)23-16)11-14-6-8-15(19)9-7-14/h2-10H,11H2,1H3/b16-10-. The molecule has 5 heteroatoms. The van der Waals surface area contributed by atoms with E-state index in [-0.39, 0.29) is 11.1 Å². The summed E-state index contributed by atoms with van der Waals surface area (Å²) in [5.41, 5.74) is 3.00. The lowest BCUT2D eigenvalue weighted by Gasteiger charge is -2.12. The Morgan fingerprint density at radius 1 is 1.04 bits per heavy atom. The summed E-state index contributed by atoms with van der Waals surface area (Å²) in [5.74, 6) is -0.233. The van der Waals surface area contributed by atoms with E-state index in [1.165, 1.54) is 4.90 Å². The molecule has 3 nitrogen and oxygen atoms in total. The summed E-state index contributed by atoms with van der Waals surface area (Å²) in [5, 5.41) is -0.226. The first-order valence-electron chi connectivity index (χ1n) is 7.09. The van der Waals surface area contributed by atoms with Crippen molar-refractivity contribution in [3.8, 4) is 0 Å². The highest BCUT2D eigenvalue weighted by Crippen LogP contribution is 2.33. The third-order valence-corrected chi connectivity index (χ3v) is 4.94. The Morgan fingerprint density at radius 3 is 2.35 bits per heavy atom. The first-order chi connectivity index (χ1) is 11.0. The summed E-state index contributed by atoms with van der Waals surface area (Å²) in [7, 11) is 0. The van der Waals surface area contributed by atoms with E-state index in [1.807, 2.05) is 55.5 Å². The van der Waals surface area contributed by atoms with Gasteiger partial charge in [0.2, 0.25) is 0 Å². The van der Waals surface area contributed by atoms with Gasteiger partial charge in [-0.1, -0.05) is 57.9 Å². The second-order valence-electron chi connectivity index (χ2n) is 5.31. The van der Waals surface area contributed by atoms with E-state index < -0.39 is 0 Å². The zero-order valence-electron chi connectivity index (χ0n) is 12.5. The number of carbonyl (C=O) groups excluding carboxylic acids is 2. The van der Waals surface area contributed by atoms with Crippen LogP contribution >= 0.6 is 27.7 Å². The van der Waals surface area contributed by atoms with Gasteiger partial charge in [0, 0.05) is 4.47 Å². The van der Waals surface area contributed by atoms with E-state index in [4.69, 9.17) is 0 Å². The van der Waals surface area contributed by atoms with Crippen LogP contribution in [0.4, 0.5) is 4.79 Å². The van der Waals surface area contributed by atoms with Crippen LogP contribution < -0.4 is 0 Å². The van der Waals surface area contributed by atoms with Crippen molar-refractivity contribution in [1.29, 1.82) is 0 Å². The van der Waals surface area contributed by atoms with Crippen LogP contribution in [0.1, 0.15) is 16.7 Å². The fraction of sp³-hybridized carbons (Fsp3) is 0.111. The number of benzene rings is 2. The third kappa shape index (κ3) is 3.74. The van der Waals surface area contributed by atoms with Gasteiger partial charge >= 0.3 is 0 Å². The van der Waals surface area contributed by atoms with Crippen molar-refractivity contribution in [3.05, 3.63) is 74.6 Å². The summed E-state index contributed by atoms with van der Waals surface area (Å²) < 4.78 is 0.967. The SMILES string of the molecule is Cc1ccc(/C=C2\SC(=O)N(Cc3ccc(Br)cc3)C2=O)cc1. The molecule has 1 heterocycles. The lowest BCUT2D eigenvalue weighted by Crippen LogP contribution is -2.27. The molecule has 23 heavy (non-hydrogen) atoms. The van der Waals surface area contributed by atoms with E-state index in [0.717, 1.165) is 32.9 Å². The number of halogens is 1. The molecule has 0 unspecified atom stereocenters. The number of rotatable bonds is 3. The molecular formula is C18H14BrNO2S. The molecule has 3 rings (SSSR count). The van der Waals surface area contributed by atoms with Crippen molar-refractivity contribution in [3.63, 3.8) is 0 Å². The Bertz CT molecular complexity index is 782. The first-order valence-corrected chi connectivity index (χ1v) is 8.70. The molecule has 1 aliphatic rings. The fourth-order valence-corrected chi connectivity index (χ4v) is 3.33. The zero-order chi connectivity index (χ0) is 16.4. The molecule has 2 amide bonds. The maximum Gasteiger partial charge on any atom is 0.293 e. The second-order valence-corrected chi connectivity index (χ2v) is 7.21. The molecule has 0 spiro atoms. The molecule has 0 saturated carbocycles. The Labute approximate surface area is 147 Å². The van der Waals surface area contributed by atoms with E-state index >= 15 is 0 Å². The minimum Gasteiger partial charge on any atom is -0.268 e. The van der Waals surface area contributed by atoms with Gasteiger partial charge in [-0.25, -0.2) is 0 Å². The number of thioether (sulfide) groups is 1. The molecule has 0 aromatic heterocycles. The minimum absolute atomic E-state index is 0.226. The third-order valence-electron chi connectivity index (χ3n) is 3.50. The molecule has 0 N–H and O–H groups in total. The summed E-state index contributed by atoms with van der Waals surface area (Å²) >= 11 is 4.37. The fourth-order valence-electron chi connectivity index (χ4n) is 2.22. The van der Waals surface area contributed by atoms with Crippen molar-refractivity contribution in [2.24, 2.45) is 0 Å². The maximum absolute atomic E-state index is 12.5. The molecule has 0 atom stereocenters. The first kappa shape index (κ1) is 16.0. The predicted octanol–water partition coefficient (Wildman–Crippen LogP) is 4.99. The topological polar surface area (TPSA) is 37.4 Å². The number of hydrogen-bond donors (Lipinski definition) is 0. The molecule has 0 bridgehead atoms. The van der Waals surface area contributed by atoms with Crippen LogP contribution in [0, 0.1) is 6.92 Å². The molecule has 116 valence electrons. The van der Waals surface area contributed by atoms with Crippen LogP contribution in [0.15, 0.2) is 57.9 Å². The molecule has 2 aromatic rings. The van der Waals surface area contributed by atoms with Crippen LogP contribution in [0.5, 0.6) is 0 Å². The summed E-state index contributed by atoms with van der Waals surface area (Å²) in [6.45, 7) is 2.30. The van der Waals surface area contributed by atoms with Crippen LogP contribution in [0.2, 0.25) is 0 Å². The van der Waals surface area contributed by atoms with Crippen molar-refractivity contribution in [2.45, 2.75) is 13.5 Å². The van der Waals surface area contributed by atoms with Gasteiger partial charge in [-0.15, -0.1) is 0 Å².